The van der Waals surface area contributed by atoms with Crippen LogP contribution < -0.4 is 5.32 Å². The molecule has 1 unspecified atom stereocenters. The Labute approximate surface area is 105 Å². The van der Waals surface area contributed by atoms with E-state index in [1.807, 2.05) is 11.9 Å². The Hall–Kier alpha value is -0.570. The first kappa shape index (κ1) is 12.9. The number of carbonyl (C=O) groups excluding carboxylic acids is 1. The molecule has 1 saturated carbocycles. The Morgan fingerprint density at radius 2 is 2.00 bits per heavy atom. The average Bonchev–Trinajstić information content (AvgIpc) is 2.35. The first-order valence-corrected chi connectivity index (χ1v) is 7.23. The molecular weight excluding hydrogens is 212 g/mol. The Morgan fingerprint density at radius 3 is 2.71 bits per heavy atom. The normalized spacial score (nSPS) is 27.5. The molecule has 1 aliphatic carbocycles. The lowest BCUT2D eigenvalue weighted by molar-refractivity contribution is -0.132. The van der Waals surface area contributed by atoms with E-state index in [0.29, 0.717) is 18.4 Å². The SMILES string of the molecule is CN1CCC(NCCC2CCCCC2)CC1=O. The van der Waals surface area contributed by atoms with E-state index in [1.165, 1.54) is 38.5 Å². The van der Waals surface area contributed by atoms with Gasteiger partial charge in [0.2, 0.25) is 5.91 Å². The van der Waals surface area contributed by atoms with Crippen LogP contribution >= 0.6 is 0 Å². The van der Waals surface area contributed by atoms with E-state index >= 15 is 0 Å². The Bertz CT molecular complexity index is 249. The number of likely N-dealkylation sites (tertiary alicyclic amines) is 1. The second-order valence-electron chi connectivity index (χ2n) is 5.75. The molecular formula is C14H26N2O. The van der Waals surface area contributed by atoms with Crippen LogP contribution in [-0.2, 0) is 4.79 Å². The van der Waals surface area contributed by atoms with E-state index < -0.39 is 0 Å². The highest BCUT2D eigenvalue weighted by Crippen LogP contribution is 2.25. The third kappa shape index (κ3) is 3.98. The molecule has 1 aliphatic heterocycles. The van der Waals surface area contributed by atoms with E-state index in [2.05, 4.69) is 5.32 Å². The summed E-state index contributed by atoms with van der Waals surface area (Å²) in [6.45, 7) is 2.02. The van der Waals surface area contributed by atoms with Crippen LogP contribution in [0.25, 0.3) is 0 Å². The molecule has 0 aromatic carbocycles. The fraction of sp³-hybridized carbons (Fsp3) is 0.929. The summed E-state index contributed by atoms with van der Waals surface area (Å²) in [7, 11) is 1.90. The number of amides is 1. The predicted octanol–water partition coefficient (Wildman–Crippen LogP) is 2.17. The minimum atomic E-state index is 0.298. The number of nitrogens with one attached hydrogen (secondary N) is 1. The van der Waals surface area contributed by atoms with Crippen molar-refractivity contribution in [3.8, 4) is 0 Å². The van der Waals surface area contributed by atoms with Crippen molar-refractivity contribution in [2.75, 3.05) is 20.1 Å². The van der Waals surface area contributed by atoms with Crippen LogP contribution in [0.15, 0.2) is 0 Å². The third-order valence-corrected chi connectivity index (χ3v) is 4.37. The van der Waals surface area contributed by atoms with Gasteiger partial charge in [0, 0.05) is 26.1 Å². The molecule has 0 bridgehead atoms. The van der Waals surface area contributed by atoms with Gasteiger partial charge in [-0.15, -0.1) is 0 Å². The Morgan fingerprint density at radius 1 is 1.24 bits per heavy atom. The van der Waals surface area contributed by atoms with Crippen LogP contribution in [0.2, 0.25) is 0 Å². The van der Waals surface area contributed by atoms with Crippen LogP contribution in [0.4, 0.5) is 0 Å². The van der Waals surface area contributed by atoms with Crippen LogP contribution in [0.5, 0.6) is 0 Å². The van der Waals surface area contributed by atoms with Crippen LogP contribution in [0.1, 0.15) is 51.4 Å². The molecule has 2 rings (SSSR count). The molecule has 3 nitrogen and oxygen atoms in total. The van der Waals surface area contributed by atoms with Crippen molar-refractivity contribution < 1.29 is 4.79 Å². The van der Waals surface area contributed by atoms with Crippen molar-refractivity contribution in [1.82, 2.24) is 10.2 Å². The van der Waals surface area contributed by atoms with Gasteiger partial charge in [-0.2, -0.15) is 0 Å². The molecule has 1 saturated heterocycles. The van der Waals surface area contributed by atoms with Gasteiger partial charge in [0.1, 0.15) is 0 Å². The zero-order chi connectivity index (χ0) is 12.1. The lowest BCUT2D eigenvalue weighted by Gasteiger charge is -2.30. The standard InChI is InChI=1S/C14H26N2O/c1-16-10-8-13(11-14(16)17)15-9-7-12-5-3-2-4-6-12/h12-13,15H,2-11H2,1H3. The lowest BCUT2D eigenvalue weighted by atomic mass is 9.87. The van der Waals surface area contributed by atoms with Crippen LogP contribution in [0.3, 0.4) is 0 Å². The van der Waals surface area contributed by atoms with E-state index in [0.717, 1.165) is 25.4 Å². The summed E-state index contributed by atoms with van der Waals surface area (Å²) in [5.74, 6) is 1.24. The average molecular weight is 238 g/mol. The molecule has 0 radical (unpaired) electrons. The van der Waals surface area contributed by atoms with E-state index in [4.69, 9.17) is 0 Å². The van der Waals surface area contributed by atoms with Crippen molar-refractivity contribution in [1.29, 1.82) is 0 Å². The van der Waals surface area contributed by atoms with Gasteiger partial charge in [-0.25, -0.2) is 0 Å². The summed E-state index contributed by atoms with van der Waals surface area (Å²) in [5, 5.41) is 3.57. The van der Waals surface area contributed by atoms with Crippen LogP contribution in [0, 0.1) is 5.92 Å². The highest BCUT2D eigenvalue weighted by molar-refractivity contribution is 5.77. The minimum absolute atomic E-state index is 0.298. The maximum atomic E-state index is 11.6. The van der Waals surface area contributed by atoms with Crippen molar-refractivity contribution in [3.63, 3.8) is 0 Å². The van der Waals surface area contributed by atoms with Crippen molar-refractivity contribution in [3.05, 3.63) is 0 Å². The number of carbonyl (C=O) groups is 1. The summed E-state index contributed by atoms with van der Waals surface area (Å²) in [6.07, 6.45) is 10.3. The zero-order valence-corrected chi connectivity index (χ0v) is 11.1. The quantitative estimate of drug-likeness (QED) is 0.814. The molecule has 2 aliphatic rings. The fourth-order valence-corrected chi connectivity index (χ4v) is 3.08. The molecule has 1 amide bonds. The van der Waals surface area contributed by atoms with Gasteiger partial charge in [-0.05, 0) is 25.3 Å². The molecule has 1 N–H and O–H groups in total. The predicted molar refractivity (Wildman–Crippen MR) is 69.9 cm³/mol. The minimum Gasteiger partial charge on any atom is -0.346 e. The molecule has 1 heterocycles. The Balaban J connectivity index is 1.60. The second-order valence-corrected chi connectivity index (χ2v) is 5.75. The highest BCUT2D eigenvalue weighted by Gasteiger charge is 2.22. The van der Waals surface area contributed by atoms with E-state index in [-0.39, 0.29) is 0 Å². The first-order chi connectivity index (χ1) is 8.25. The number of rotatable bonds is 4. The van der Waals surface area contributed by atoms with Crippen molar-refractivity contribution in [2.45, 2.75) is 57.4 Å². The zero-order valence-electron chi connectivity index (χ0n) is 11.1. The van der Waals surface area contributed by atoms with Crippen molar-refractivity contribution in [2.24, 2.45) is 5.92 Å². The Kier molecular flexibility index (Phi) is 4.84. The number of hydrogen-bond donors (Lipinski definition) is 1. The van der Waals surface area contributed by atoms with Gasteiger partial charge in [0.05, 0.1) is 0 Å². The summed E-state index contributed by atoms with van der Waals surface area (Å²) >= 11 is 0. The van der Waals surface area contributed by atoms with Gasteiger partial charge in [-0.3, -0.25) is 4.79 Å². The maximum Gasteiger partial charge on any atom is 0.223 e. The smallest absolute Gasteiger partial charge is 0.223 e. The molecule has 0 aromatic heterocycles. The molecule has 2 fully saturated rings. The van der Waals surface area contributed by atoms with Gasteiger partial charge in [0.15, 0.2) is 0 Å². The van der Waals surface area contributed by atoms with Crippen molar-refractivity contribution >= 4 is 5.91 Å². The van der Waals surface area contributed by atoms with E-state index in [9.17, 15) is 4.79 Å². The molecule has 17 heavy (non-hydrogen) atoms. The van der Waals surface area contributed by atoms with Gasteiger partial charge in [0.25, 0.3) is 0 Å². The molecule has 1 atom stereocenters. The van der Waals surface area contributed by atoms with Gasteiger partial charge in [-0.1, -0.05) is 32.1 Å². The van der Waals surface area contributed by atoms with Crippen LogP contribution in [-0.4, -0.2) is 37.0 Å². The fourth-order valence-electron chi connectivity index (χ4n) is 3.08. The number of nitrogens with zero attached hydrogens (tertiary/aromatic N) is 1. The lowest BCUT2D eigenvalue weighted by Crippen LogP contribution is -2.44. The number of hydrogen-bond acceptors (Lipinski definition) is 2. The third-order valence-electron chi connectivity index (χ3n) is 4.37. The largest absolute Gasteiger partial charge is 0.346 e. The number of piperidine rings is 1. The van der Waals surface area contributed by atoms with Gasteiger partial charge < -0.3 is 10.2 Å². The maximum absolute atomic E-state index is 11.6. The molecule has 0 spiro atoms. The van der Waals surface area contributed by atoms with E-state index in [1.54, 1.807) is 0 Å². The van der Waals surface area contributed by atoms with Gasteiger partial charge >= 0.3 is 0 Å². The summed E-state index contributed by atoms with van der Waals surface area (Å²) in [6, 6.07) is 0.433. The summed E-state index contributed by atoms with van der Waals surface area (Å²) in [4.78, 5) is 13.4. The highest BCUT2D eigenvalue weighted by atomic mass is 16.2. The first-order valence-electron chi connectivity index (χ1n) is 7.23. The molecule has 0 aromatic rings. The summed E-state index contributed by atoms with van der Waals surface area (Å²) in [5.41, 5.74) is 0. The summed E-state index contributed by atoms with van der Waals surface area (Å²) < 4.78 is 0. The topological polar surface area (TPSA) is 32.3 Å². The molecule has 98 valence electrons. The second kappa shape index (κ2) is 6.39. The monoisotopic (exact) mass is 238 g/mol. The molecule has 3 heteroatoms.